The van der Waals surface area contributed by atoms with Gasteiger partial charge in [-0.15, -0.1) is 0 Å². The van der Waals surface area contributed by atoms with Crippen LogP contribution in [0.5, 0.6) is 11.5 Å². The van der Waals surface area contributed by atoms with Gasteiger partial charge in [0.2, 0.25) is 10.0 Å². The van der Waals surface area contributed by atoms with Crippen molar-refractivity contribution >= 4 is 15.7 Å². The molecule has 0 unspecified atom stereocenters. The average molecular weight is 419 g/mol. The molecule has 3 rings (SSSR count). The lowest BCUT2D eigenvalue weighted by atomic mass is 10.1. The zero-order chi connectivity index (χ0) is 21.0. The van der Waals surface area contributed by atoms with E-state index in [4.69, 9.17) is 9.47 Å². The molecule has 0 aromatic heterocycles. The molecule has 7 heteroatoms. The van der Waals surface area contributed by atoms with E-state index in [1.54, 1.807) is 22.5 Å². The molecule has 29 heavy (non-hydrogen) atoms. The van der Waals surface area contributed by atoms with Gasteiger partial charge in [0.1, 0.15) is 16.4 Å². The lowest BCUT2D eigenvalue weighted by Gasteiger charge is -2.37. The van der Waals surface area contributed by atoms with Crippen molar-refractivity contribution in [3.8, 4) is 11.5 Å². The average Bonchev–Trinajstić information content (AvgIpc) is 2.70. The van der Waals surface area contributed by atoms with Crippen molar-refractivity contribution in [2.75, 3.05) is 44.3 Å². The molecule has 0 saturated carbocycles. The van der Waals surface area contributed by atoms with Gasteiger partial charge < -0.3 is 14.4 Å². The van der Waals surface area contributed by atoms with Crippen molar-refractivity contribution in [3.63, 3.8) is 0 Å². The Balaban J connectivity index is 1.84. The Bertz CT molecular complexity index is 931. The summed E-state index contributed by atoms with van der Waals surface area (Å²) >= 11 is 0. The summed E-state index contributed by atoms with van der Waals surface area (Å²) in [6.07, 6.45) is 0. The Morgan fingerprint density at radius 3 is 2.10 bits per heavy atom. The van der Waals surface area contributed by atoms with E-state index in [1.165, 1.54) is 16.8 Å². The van der Waals surface area contributed by atoms with Crippen LogP contribution in [0.1, 0.15) is 25.0 Å². The van der Waals surface area contributed by atoms with Crippen LogP contribution < -0.4 is 14.4 Å². The highest BCUT2D eigenvalue weighted by Gasteiger charge is 2.32. The standard InChI is InChI=1S/C22H30N2O4S/c1-5-27-19-10-11-20(28-6-2)21(16-19)29(25,26)24-14-12-23(13-15-24)22-17(3)8-7-9-18(22)4/h7-11,16H,5-6,12-15H2,1-4H3. The minimum Gasteiger partial charge on any atom is -0.494 e. The first kappa shape index (κ1) is 21.5. The zero-order valence-corrected chi connectivity index (χ0v) is 18.5. The second kappa shape index (κ2) is 9.05. The molecular weight excluding hydrogens is 388 g/mol. The number of para-hydroxylation sites is 1. The Hall–Kier alpha value is -2.25. The molecule has 0 atom stereocenters. The number of rotatable bonds is 7. The molecule has 0 N–H and O–H groups in total. The van der Waals surface area contributed by atoms with E-state index < -0.39 is 10.0 Å². The summed E-state index contributed by atoms with van der Waals surface area (Å²) in [5.41, 5.74) is 3.63. The highest BCUT2D eigenvalue weighted by Crippen LogP contribution is 2.32. The number of hydrogen-bond donors (Lipinski definition) is 0. The first-order chi connectivity index (χ1) is 13.9. The van der Waals surface area contributed by atoms with E-state index in [-0.39, 0.29) is 4.90 Å². The molecule has 1 aliphatic rings. The third-order valence-corrected chi connectivity index (χ3v) is 7.06. The summed E-state index contributed by atoms with van der Waals surface area (Å²) in [7, 11) is -3.68. The van der Waals surface area contributed by atoms with Gasteiger partial charge in [-0.25, -0.2) is 8.42 Å². The molecule has 1 heterocycles. The number of hydrogen-bond acceptors (Lipinski definition) is 5. The number of benzene rings is 2. The van der Waals surface area contributed by atoms with Crippen LogP contribution in [0.15, 0.2) is 41.3 Å². The molecule has 0 radical (unpaired) electrons. The third kappa shape index (κ3) is 4.51. The number of ether oxygens (including phenoxy) is 2. The van der Waals surface area contributed by atoms with E-state index in [1.807, 2.05) is 13.8 Å². The van der Waals surface area contributed by atoms with Gasteiger partial charge in [-0.3, -0.25) is 0 Å². The molecule has 158 valence electrons. The van der Waals surface area contributed by atoms with Crippen LogP contribution in [0.4, 0.5) is 5.69 Å². The lowest BCUT2D eigenvalue weighted by Crippen LogP contribution is -2.49. The maximum Gasteiger partial charge on any atom is 0.247 e. The fraction of sp³-hybridized carbons (Fsp3) is 0.455. The monoisotopic (exact) mass is 418 g/mol. The zero-order valence-electron chi connectivity index (χ0n) is 17.6. The summed E-state index contributed by atoms with van der Waals surface area (Å²) in [5, 5.41) is 0. The van der Waals surface area contributed by atoms with E-state index in [2.05, 4.69) is 36.9 Å². The Morgan fingerprint density at radius 1 is 0.897 bits per heavy atom. The van der Waals surface area contributed by atoms with Gasteiger partial charge in [0.25, 0.3) is 0 Å². The predicted molar refractivity (Wildman–Crippen MR) is 116 cm³/mol. The third-order valence-electron chi connectivity index (χ3n) is 5.14. The van der Waals surface area contributed by atoms with Crippen molar-refractivity contribution in [1.82, 2.24) is 4.31 Å². The Morgan fingerprint density at radius 2 is 1.52 bits per heavy atom. The van der Waals surface area contributed by atoms with Crippen LogP contribution in [0.25, 0.3) is 0 Å². The van der Waals surface area contributed by atoms with Gasteiger partial charge in [-0.2, -0.15) is 4.31 Å². The van der Waals surface area contributed by atoms with Crippen LogP contribution in [-0.2, 0) is 10.0 Å². The molecule has 0 aliphatic carbocycles. The number of anilines is 1. The van der Waals surface area contributed by atoms with Gasteiger partial charge in [-0.05, 0) is 51.0 Å². The highest BCUT2D eigenvalue weighted by molar-refractivity contribution is 7.89. The van der Waals surface area contributed by atoms with Crippen LogP contribution in [0.3, 0.4) is 0 Å². The summed E-state index contributed by atoms with van der Waals surface area (Å²) in [6.45, 7) is 10.9. The van der Waals surface area contributed by atoms with E-state index in [9.17, 15) is 8.42 Å². The molecule has 2 aromatic carbocycles. The largest absolute Gasteiger partial charge is 0.494 e. The normalized spacial score (nSPS) is 15.4. The summed E-state index contributed by atoms with van der Waals surface area (Å²) in [6, 6.07) is 11.2. The fourth-order valence-corrected chi connectivity index (χ4v) is 5.39. The maximum absolute atomic E-state index is 13.4. The van der Waals surface area contributed by atoms with Gasteiger partial charge in [0, 0.05) is 37.9 Å². The quantitative estimate of drug-likeness (QED) is 0.687. The maximum atomic E-state index is 13.4. The van der Waals surface area contributed by atoms with Crippen molar-refractivity contribution in [1.29, 1.82) is 0 Å². The SMILES string of the molecule is CCOc1ccc(OCC)c(S(=O)(=O)N2CCN(c3c(C)cccc3C)CC2)c1. The smallest absolute Gasteiger partial charge is 0.247 e. The molecule has 0 bridgehead atoms. The van der Waals surface area contributed by atoms with Crippen molar-refractivity contribution in [3.05, 3.63) is 47.5 Å². The van der Waals surface area contributed by atoms with Crippen LogP contribution in [-0.4, -0.2) is 52.1 Å². The minimum atomic E-state index is -3.68. The Kier molecular flexibility index (Phi) is 6.70. The van der Waals surface area contributed by atoms with Crippen LogP contribution in [0.2, 0.25) is 0 Å². The second-order valence-electron chi connectivity index (χ2n) is 7.11. The van der Waals surface area contributed by atoms with E-state index >= 15 is 0 Å². The molecule has 6 nitrogen and oxygen atoms in total. The molecule has 1 saturated heterocycles. The summed E-state index contributed by atoms with van der Waals surface area (Å²) in [4.78, 5) is 2.45. The molecule has 0 amide bonds. The molecule has 1 fully saturated rings. The molecule has 2 aromatic rings. The highest BCUT2D eigenvalue weighted by atomic mass is 32.2. The topological polar surface area (TPSA) is 59.1 Å². The van der Waals surface area contributed by atoms with Crippen LogP contribution in [0, 0.1) is 13.8 Å². The summed E-state index contributed by atoms with van der Waals surface area (Å²) < 4.78 is 39.4. The number of piperazine rings is 1. The number of nitrogens with zero attached hydrogens (tertiary/aromatic N) is 2. The van der Waals surface area contributed by atoms with Gasteiger partial charge in [0.05, 0.1) is 13.2 Å². The van der Waals surface area contributed by atoms with Crippen molar-refractivity contribution in [2.45, 2.75) is 32.6 Å². The predicted octanol–water partition coefficient (Wildman–Crippen LogP) is 3.61. The molecule has 0 spiro atoms. The molecule has 1 aliphatic heterocycles. The molecular formula is C22H30N2O4S. The van der Waals surface area contributed by atoms with E-state index in [0.29, 0.717) is 50.9 Å². The first-order valence-electron chi connectivity index (χ1n) is 10.1. The lowest BCUT2D eigenvalue weighted by molar-refractivity contribution is 0.319. The van der Waals surface area contributed by atoms with E-state index in [0.717, 1.165) is 0 Å². The number of sulfonamides is 1. The van der Waals surface area contributed by atoms with Crippen LogP contribution >= 0.6 is 0 Å². The van der Waals surface area contributed by atoms with Crippen molar-refractivity contribution < 1.29 is 17.9 Å². The van der Waals surface area contributed by atoms with Gasteiger partial charge in [-0.1, -0.05) is 18.2 Å². The minimum absolute atomic E-state index is 0.172. The first-order valence-corrected chi connectivity index (χ1v) is 11.5. The van der Waals surface area contributed by atoms with Gasteiger partial charge in [0.15, 0.2) is 0 Å². The van der Waals surface area contributed by atoms with Gasteiger partial charge >= 0.3 is 0 Å². The summed E-state index contributed by atoms with van der Waals surface area (Å²) in [5.74, 6) is 0.900. The fourth-order valence-electron chi connectivity index (χ4n) is 3.82. The second-order valence-corrected chi connectivity index (χ2v) is 9.01. The van der Waals surface area contributed by atoms with Crippen molar-refractivity contribution in [2.24, 2.45) is 0 Å². The Labute approximate surface area is 174 Å². The number of aryl methyl sites for hydroxylation is 2.